The molecule has 2 N–H and O–H groups in total. The summed E-state index contributed by atoms with van der Waals surface area (Å²) in [6.07, 6.45) is 1.42. The van der Waals surface area contributed by atoms with E-state index in [1.54, 1.807) is 12.1 Å². The third kappa shape index (κ3) is 6.78. The molecule has 2 aliphatic rings. The van der Waals surface area contributed by atoms with Gasteiger partial charge in [0, 0.05) is 56.8 Å². The summed E-state index contributed by atoms with van der Waals surface area (Å²) in [5.74, 6) is -0.660. The van der Waals surface area contributed by atoms with Crippen LogP contribution in [0.2, 0.25) is 5.02 Å². The molecule has 9 nitrogen and oxygen atoms in total. The molecule has 2 aliphatic heterocycles. The molecule has 4 rings (SSSR count). The molecule has 1 unspecified atom stereocenters. The van der Waals surface area contributed by atoms with Crippen molar-refractivity contribution in [3.8, 4) is 0 Å². The van der Waals surface area contributed by atoms with Crippen LogP contribution in [0.25, 0.3) is 0 Å². The van der Waals surface area contributed by atoms with Gasteiger partial charge in [-0.15, -0.1) is 0 Å². The zero-order valence-electron chi connectivity index (χ0n) is 21.5. The molecule has 2 heterocycles. The first kappa shape index (κ1) is 27.8. The second kappa shape index (κ2) is 13.0. The lowest BCUT2D eigenvalue weighted by Gasteiger charge is -2.27. The van der Waals surface area contributed by atoms with Crippen molar-refractivity contribution in [2.45, 2.75) is 44.9 Å². The Morgan fingerprint density at radius 2 is 1.89 bits per heavy atom. The molecule has 0 aliphatic carbocycles. The Bertz CT molecular complexity index is 1200. The molecule has 1 atom stereocenters. The van der Waals surface area contributed by atoms with Gasteiger partial charge in [-0.25, -0.2) is 0 Å². The maximum absolute atomic E-state index is 12.9. The standard InChI is InChI=1S/C28H33ClN4O5/c1-30-27(36)25(3-2-10-34)33-18-22-13-20(5-7-23(22)28(33)37)16-31-26(35)15-19-4-6-21(24(29)14-19)17-32-8-11-38-12-9-32/h4-7,10,13-14,25H,2-3,8-9,11-12,15-18H2,1H3,(H,30,36)(H,31,35). The van der Waals surface area contributed by atoms with Crippen molar-refractivity contribution < 1.29 is 23.9 Å². The van der Waals surface area contributed by atoms with Gasteiger partial charge in [-0.3, -0.25) is 19.3 Å². The minimum absolute atomic E-state index is 0.131. The first-order valence-electron chi connectivity index (χ1n) is 12.8. The maximum atomic E-state index is 12.9. The van der Waals surface area contributed by atoms with Crippen LogP contribution in [-0.4, -0.2) is 73.2 Å². The van der Waals surface area contributed by atoms with E-state index in [1.165, 1.54) is 11.9 Å². The number of ether oxygens (including phenoxy) is 1. The number of hydrogen-bond donors (Lipinski definition) is 2. The highest BCUT2D eigenvalue weighted by atomic mass is 35.5. The topological polar surface area (TPSA) is 108 Å². The van der Waals surface area contributed by atoms with Gasteiger partial charge in [-0.05, 0) is 40.8 Å². The molecule has 0 bridgehead atoms. The third-order valence-electron chi connectivity index (χ3n) is 6.95. The quantitative estimate of drug-likeness (QED) is 0.423. The second-order valence-electron chi connectivity index (χ2n) is 9.57. The van der Waals surface area contributed by atoms with Crippen molar-refractivity contribution in [1.82, 2.24) is 20.4 Å². The number of halogens is 1. The van der Waals surface area contributed by atoms with Crippen LogP contribution >= 0.6 is 11.6 Å². The molecule has 0 saturated carbocycles. The predicted octanol–water partition coefficient (Wildman–Crippen LogP) is 2.08. The van der Waals surface area contributed by atoms with E-state index in [4.69, 9.17) is 16.3 Å². The Labute approximate surface area is 227 Å². The van der Waals surface area contributed by atoms with Gasteiger partial charge in [0.25, 0.3) is 5.91 Å². The lowest BCUT2D eigenvalue weighted by Crippen LogP contribution is -2.46. The van der Waals surface area contributed by atoms with Gasteiger partial charge in [0.1, 0.15) is 12.3 Å². The molecule has 10 heteroatoms. The molecule has 202 valence electrons. The van der Waals surface area contributed by atoms with E-state index >= 15 is 0 Å². The van der Waals surface area contributed by atoms with E-state index < -0.39 is 6.04 Å². The summed E-state index contributed by atoms with van der Waals surface area (Å²) < 4.78 is 5.39. The van der Waals surface area contributed by atoms with Crippen molar-refractivity contribution >= 4 is 35.6 Å². The summed E-state index contributed by atoms with van der Waals surface area (Å²) in [4.78, 5) is 52.5. The average Bonchev–Trinajstić information content (AvgIpc) is 3.25. The fraction of sp³-hybridized carbons (Fsp3) is 0.429. The van der Waals surface area contributed by atoms with Crippen LogP contribution in [0, 0.1) is 0 Å². The molecule has 1 fully saturated rings. The first-order valence-corrected chi connectivity index (χ1v) is 13.2. The monoisotopic (exact) mass is 540 g/mol. The summed E-state index contributed by atoms with van der Waals surface area (Å²) in [5.41, 5.74) is 4.06. The van der Waals surface area contributed by atoms with Crippen LogP contribution < -0.4 is 10.6 Å². The van der Waals surface area contributed by atoms with E-state index in [-0.39, 0.29) is 43.5 Å². The molecule has 2 aromatic rings. The van der Waals surface area contributed by atoms with Gasteiger partial charge in [-0.1, -0.05) is 35.9 Å². The van der Waals surface area contributed by atoms with Crippen LogP contribution in [0.15, 0.2) is 36.4 Å². The smallest absolute Gasteiger partial charge is 0.255 e. The van der Waals surface area contributed by atoms with Crippen LogP contribution in [0.3, 0.4) is 0 Å². The SMILES string of the molecule is CNC(=O)C(CCC=O)N1Cc2cc(CNC(=O)Cc3ccc(CN4CCOCC4)c(Cl)c3)ccc2C1=O. The summed E-state index contributed by atoms with van der Waals surface area (Å²) in [7, 11) is 1.51. The van der Waals surface area contributed by atoms with Crippen LogP contribution in [-0.2, 0) is 45.2 Å². The normalized spacial score (nSPS) is 16.2. The van der Waals surface area contributed by atoms with Gasteiger partial charge in [-0.2, -0.15) is 0 Å². The molecule has 0 radical (unpaired) electrons. The summed E-state index contributed by atoms with van der Waals surface area (Å²) in [5, 5.41) is 6.16. The molecular weight excluding hydrogens is 508 g/mol. The molecule has 0 aromatic heterocycles. The molecular formula is C28H33ClN4O5. The summed E-state index contributed by atoms with van der Waals surface area (Å²) >= 11 is 6.50. The van der Waals surface area contributed by atoms with E-state index in [0.29, 0.717) is 17.1 Å². The number of nitrogens with zero attached hydrogens (tertiary/aromatic N) is 2. The van der Waals surface area contributed by atoms with E-state index in [2.05, 4.69) is 15.5 Å². The number of likely N-dealkylation sites (N-methyl/N-ethyl adjacent to an activating group) is 1. The third-order valence-corrected chi connectivity index (χ3v) is 7.31. The van der Waals surface area contributed by atoms with E-state index in [0.717, 1.165) is 61.4 Å². The molecule has 38 heavy (non-hydrogen) atoms. The molecule has 3 amide bonds. The average molecular weight is 541 g/mol. The molecule has 2 aromatic carbocycles. The van der Waals surface area contributed by atoms with Crippen LogP contribution in [0.1, 0.15) is 45.5 Å². The van der Waals surface area contributed by atoms with E-state index in [1.807, 2.05) is 24.3 Å². The Balaban J connectivity index is 1.32. The highest BCUT2D eigenvalue weighted by Crippen LogP contribution is 2.27. The Kier molecular flexibility index (Phi) is 9.49. The number of nitrogens with one attached hydrogen (secondary N) is 2. The fourth-order valence-corrected chi connectivity index (χ4v) is 5.12. The largest absolute Gasteiger partial charge is 0.379 e. The van der Waals surface area contributed by atoms with Crippen molar-refractivity contribution in [2.24, 2.45) is 0 Å². The number of carbonyl (C=O) groups excluding carboxylic acids is 4. The Morgan fingerprint density at radius 1 is 1.13 bits per heavy atom. The van der Waals surface area contributed by atoms with Gasteiger partial charge in [0.2, 0.25) is 11.8 Å². The summed E-state index contributed by atoms with van der Waals surface area (Å²) in [6.45, 7) is 4.57. The van der Waals surface area contributed by atoms with Gasteiger partial charge in [0.05, 0.1) is 19.6 Å². The highest BCUT2D eigenvalue weighted by Gasteiger charge is 2.35. The Morgan fingerprint density at radius 3 is 2.61 bits per heavy atom. The molecule has 1 saturated heterocycles. The second-order valence-corrected chi connectivity index (χ2v) is 9.97. The van der Waals surface area contributed by atoms with E-state index in [9.17, 15) is 19.2 Å². The van der Waals surface area contributed by atoms with Gasteiger partial charge >= 0.3 is 0 Å². The lowest BCUT2D eigenvalue weighted by molar-refractivity contribution is -0.125. The molecule has 0 spiro atoms. The number of rotatable bonds is 11. The van der Waals surface area contributed by atoms with Gasteiger partial charge < -0.3 is 25.1 Å². The number of amides is 3. The van der Waals surface area contributed by atoms with Crippen LogP contribution in [0.4, 0.5) is 0 Å². The first-order chi connectivity index (χ1) is 18.4. The van der Waals surface area contributed by atoms with Crippen molar-refractivity contribution in [1.29, 1.82) is 0 Å². The van der Waals surface area contributed by atoms with Crippen molar-refractivity contribution in [3.63, 3.8) is 0 Å². The van der Waals surface area contributed by atoms with Gasteiger partial charge in [0.15, 0.2) is 0 Å². The number of aldehydes is 1. The number of carbonyl (C=O) groups is 4. The lowest BCUT2D eigenvalue weighted by atomic mass is 10.1. The predicted molar refractivity (Wildman–Crippen MR) is 143 cm³/mol. The zero-order chi connectivity index (χ0) is 27.1. The number of hydrogen-bond acceptors (Lipinski definition) is 6. The number of benzene rings is 2. The number of morpholine rings is 1. The van der Waals surface area contributed by atoms with Crippen molar-refractivity contribution in [3.05, 3.63) is 69.2 Å². The highest BCUT2D eigenvalue weighted by molar-refractivity contribution is 6.31. The summed E-state index contributed by atoms with van der Waals surface area (Å²) in [6, 6.07) is 10.5. The minimum Gasteiger partial charge on any atom is -0.379 e. The van der Waals surface area contributed by atoms with Crippen LogP contribution in [0.5, 0.6) is 0 Å². The Hall–Kier alpha value is -3.27. The van der Waals surface area contributed by atoms with Crippen molar-refractivity contribution in [2.75, 3.05) is 33.4 Å². The maximum Gasteiger partial charge on any atom is 0.255 e. The number of fused-ring (bicyclic) bond motifs is 1. The minimum atomic E-state index is -0.708. The fourth-order valence-electron chi connectivity index (χ4n) is 4.86. The zero-order valence-corrected chi connectivity index (χ0v) is 22.3.